The van der Waals surface area contributed by atoms with E-state index in [4.69, 9.17) is 16.3 Å². The van der Waals surface area contributed by atoms with Crippen molar-refractivity contribution < 1.29 is 4.74 Å². The summed E-state index contributed by atoms with van der Waals surface area (Å²) in [6, 6.07) is 17.5. The molecule has 0 atom stereocenters. The van der Waals surface area contributed by atoms with Crippen molar-refractivity contribution in [1.29, 1.82) is 0 Å². The fraction of sp³-hybridized carbons (Fsp3) is 0.0556. The van der Waals surface area contributed by atoms with E-state index >= 15 is 0 Å². The number of hydrazone groups is 1. The van der Waals surface area contributed by atoms with Gasteiger partial charge in [-0.3, -0.25) is 10.2 Å². The lowest BCUT2D eigenvalue weighted by Crippen LogP contribution is -2.10. The van der Waals surface area contributed by atoms with Crippen LogP contribution in [0.1, 0.15) is 11.1 Å². The largest absolute Gasteiger partial charge is 0.489 e. The number of H-pyrrole nitrogens is 1. The van der Waals surface area contributed by atoms with Gasteiger partial charge in [-0.25, -0.2) is 5.10 Å². The number of hydrogen-bond donors (Lipinski definition) is 2. The topological polar surface area (TPSA) is 79.4 Å². The molecule has 2 aromatic carbocycles. The third-order valence-corrected chi connectivity index (χ3v) is 3.70. The quantitative estimate of drug-likeness (QED) is 0.525. The smallest absolute Gasteiger partial charge is 0.285 e. The summed E-state index contributed by atoms with van der Waals surface area (Å²) in [6.07, 6.45) is 3.00. The third kappa shape index (κ3) is 4.68. The Bertz CT molecular complexity index is 908. The highest BCUT2D eigenvalue weighted by Gasteiger charge is 2.02. The molecular weight excluding hydrogens is 340 g/mol. The number of hydrogen-bond acceptors (Lipinski definition) is 5. The van der Waals surface area contributed by atoms with E-state index in [0.29, 0.717) is 12.3 Å². The summed E-state index contributed by atoms with van der Waals surface area (Å²) in [5, 5.41) is 9.94. The number of aromatic amines is 1. The molecule has 0 aliphatic heterocycles. The van der Waals surface area contributed by atoms with Crippen LogP contribution < -0.4 is 15.7 Å². The second-order valence-electron chi connectivity index (χ2n) is 5.14. The van der Waals surface area contributed by atoms with Crippen molar-refractivity contribution in [2.24, 2.45) is 5.10 Å². The van der Waals surface area contributed by atoms with Crippen LogP contribution in [-0.2, 0) is 6.61 Å². The van der Waals surface area contributed by atoms with Crippen LogP contribution in [0.25, 0.3) is 0 Å². The van der Waals surface area contributed by atoms with Gasteiger partial charge in [-0.1, -0.05) is 41.9 Å². The van der Waals surface area contributed by atoms with Crippen LogP contribution in [0.5, 0.6) is 5.75 Å². The minimum atomic E-state index is -0.471. The van der Waals surface area contributed by atoms with Crippen LogP contribution in [0.2, 0.25) is 5.02 Å². The van der Waals surface area contributed by atoms with E-state index < -0.39 is 5.56 Å². The predicted octanol–water partition coefficient (Wildman–Crippen LogP) is 3.45. The second kappa shape index (κ2) is 8.12. The van der Waals surface area contributed by atoms with Gasteiger partial charge in [-0.15, -0.1) is 0 Å². The van der Waals surface area contributed by atoms with Gasteiger partial charge in [0, 0.05) is 0 Å². The first-order chi connectivity index (χ1) is 12.2. The normalized spacial score (nSPS) is 10.8. The van der Waals surface area contributed by atoms with E-state index in [9.17, 15) is 4.79 Å². The van der Waals surface area contributed by atoms with Crippen molar-refractivity contribution in [3.8, 4) is 5.75 Å². The third-order valence-electron chi connectivity index (χ3n) is 3.32. The van der Waals surface area contributed by atoms with Gasteiger partial charge in [-0.05, 0) is 35.4 Å². The van der Waals surface area contributed by atoms with Gasteiger partial charge in [0.15, 0.2) is 0 Å². The Morgan fingerprint density at radius 3 is 2.68 bits per heavy atom. The fourth-order valence-corrected chi connectivity index (χ4v) is 2.16. The van der Waals surface area contributed by atoms with Gasteiger partial charge >= 0.3 is 0 Å². The van der Waals surface area contributed by atoms with Gasteiger partial charge in [-0.2, -0.15) is 10.2 Å². The van der Waals surface area contributed by atoms with Crippen LogP contribution in [-0.4, -0.2) is 16.4 Å². The van der Waals surface area contributed by atoms with Crippen molar-refractivity contribution in [1.82, 2.24) is 10.2 Å². The van der Waals surface area contributed by atoms with Crippen LogP contribution in [0.15, 0.2) is 70.7 Å². The van der Waals surface area contributed by atoms with Crippen LogP contribution >= 0.6 is 11.6 Å². The summed E-state index contributed by atoms with van der Waals surface area (Å²) in [7, 11) is 0. The van der Waals surface area contributed by atoms with Gasteiger partial charge in [0.25, 0.3) is 5.56 Å². The zero-order chi connectivity index (χ0) is 17.5. The first kappa shape index (κ1) is 16.7. The molecule has 3 rings (SSSR count). The summed E-state index contributed by atoms with van der Waals surface area (Å²) >= 11 is 5.84. The van der Waals surface area contributed by atoms with Crippen molar-refractivity contribution in [3.05, 3.63) is 87.3 Å². The molecule has 0 spiro atoms. The number of halogens is 1. The molecule has 1 heterocycles. The van der Waals surface area contributed by atoms with Gasteiger partial charge in [0.1, 0.15) is 23.1 Å². The van der Waals surface area contributed by atoms with E-state index in [1.807, 2.05) is 54.6 Å². The molecule has 0 radical (unpaired) electrons. The zero-order valence-electron chi connectivity index (χ0n) is 13.1. The lowest BCUT2D eigenvalue weighted by atomic mass is 10.2. The molecule has 2 N–H and O–H groups in total. The average Bonchev–Trinajstić information content (AvgIpc) is 2.65. The molecule has 0 bridgehead atoms. The molecule has 0 saturated heterocycles. The minimum Gasteiger partial charge on any atom is -0.489 e. The SMILES string of the molecule is O=c1[nH]ncc(N/N=C/c2ccc(OCc3ccccc3)cc2)c1Cl. The second-order valence-corrected chi connectivity index (χ2v) is 5.52. The number of ether oxygens (including phenoxy) is 1. The predicted molar refractivity (Wildman–Crippen MR) is 98.3 cm³/mol. The van der Waals surface area contributed by atoms with E-state index in [1.165, 1.54) is 6.20 Å². The van der Waals surface area contributed by atoms with Crippen molar-refractivity contribution in [2.75, 3.05) is 5.43 Å². The standard InChI is InChI=1S/C18H15ClN4O2/c19-17-16(11-21-23-18(17)24)22-20-10-13-6-8-15(9-7-13)25-12-14-4-2-1-3-5-14/h1-11H,12H2,(H2,22,23,24)/b20-10+. The highest BCUT2D eigenvalue weighted by Crippen LogP contribution is 2.15. The van der Waals surface area contributed by atoms with Crippen LogP contribution in [0.4, 0.5) is 5.69 Å². The average molecular weight is 355 g/mol. The summed E-state index contributed by atoms with van der Waals surface area (Å²) < 4.78 is 5.73. The maximum atomic E-state index is 11.3. The van der Waals surface area contributed by atoms with Crippen LogP contribution in [0.3, 0.4) is 0 Å². The van der Waals surface area contributed by atoms with Crippen molar-refractivity contribution in [3.63, 3.8) is 0 Å². The Kier molecular flexibility index (Phi) is 5.43. The molecule has 0 aliphatic rings. The summed E-state index contributed by atoms with van der Waals surface area (Å²) in [6.45, 7) is 0.518. The lowest BCUT2D eigenvalue weighted by molar-refractivity contribution is 0.306. The molecule has 6 nitrogen and oxygen atoms in total. The van der Waals surface area contributed by atoms with Gasteiger partial charge in [0.2, 0.25) is 0 Å². The number of nitrogens with one attached hydrogen (secondary N) is 2. The van der Waals surface area contributed by atoms with Crippen molar-refractivity contribution >= 4 is 23.5 Å². The molecular formula is C18H15ClN4O2. The molecule has 0 unspecified atom stereocenters. The summed E-state index contributed by atoms with van der Waals surface area (Å²) in [4.78, 5) is 11.3. The maximum absolute atomic E-state index is 11.3. The Labute approximate surface area is 149 Å². The van der Waals surface area contributed by atoms with E-state index in [1.54, 1.807) is 6.21 Å². The molecule has 0 amide bonds. The maximum Gasteiger partial charge on any atom is 0.285 e. The number of anilines is 1. The van der Waals surface area contributed by atoms with E-state index in [2.05, 4.69) is 20.7 Å². The first-order valence-electron chi connectivity index (χ1n) is 7.51. The Morgan fingerprint density at radius 1 is 1.16 bits per heavy atom. The highest BCUT2D eigenvalue weighted by molar-refractivity contribution is 6.32. The van der Waals surface area contributed by atoms with Gasteiger partial charge in [0.05, 0.1) is 12.4 Å². The molecule has 7 heteroatoms. The lowest BCUT2D eigenvalue weighted by Gasteiger charge is -2.06. The molecule has 0 fully saturated rings. The first-order valence-corrected chi connectivity index (χ1v) is 7.89. The molecule has 25 heavy (non-hydrogen) atoms. The number of nitrogens with zero attached hydrogens (tertiary/aromatic N) is 2. The van der Waals surface area contributed by atoms with Gasteiger partial charge < -0.3 is 4.74 Å². The number of rotatable bonds is 6. The van der Waals surface area contributed by atoms with Crippen LogP contribution in [0, 0.1) is 0 Å². The Hall–Kier alpha value is -3.12. The molecule has 126 valence electrons. The molecule has 1 aromatic heterocycles. The Morgan fingerprint density at radius 2 is 1.92 bits per heavy atom. The highest BCUT2D eigenvalue weighted by atomic mass is 35.5. The zero-order valence-corrected chi connectivity index (χ0v) is 13.9. The molecule has 3 aromatic rings. The number of aromatic nitrogens is 2. The summed E-state index contributed by atoms with van der Waals surface area (Å²) in [5.74, 6) is 0.774. The number of benzene rings is 2. The van der Waals surface area contributed by atoms with Crippen molar-refractivity contribution in [2.45, 2.75) is 6.61 Å². The monoisotopic (exact) mass is 354 g/mol. The molecule has 0 aliphatic carbocycles. The fourth-order valence-electron chi connectivity index (χ4n) is 2.03. The van der Waals surface area contributed by atoms with E-state index in [-0.39, 0.29) is 5.02 Å². The molecule has 0 saturated carbocycles. The van der Waals surface area contributed by atoms with E-state index in [0.717, 1.165) is 16.9 Å². The summed E-state index contributed by atoms with van der Waals surface area (Å²) in [5.41, 5.74) is 4.53. The minimum absolute atomic E-state index is 0.0109. The Balaban J connectivity index is 1.57.